The van der Waals surface area contributed by atoms with E-state index in [0.29, 0.717) is 0 Å². The molecule has 0 saturated heterocycles. The van der Waals surface area contributed by atoms with Crippen LogP contribution in [0.15, 0.2) is 17.4 Å². The molecule has 3 heteroatoms. The van der Waals surface area contributed by atoms with Crippen LogP contribution in [-0.4, -0.2) is 20.5 Å². The van der Waals surface area contributed by atoms with Crippen molar-refractivity contribution < 1.29 is 4.84 Å². The van der Waals surface area contributed by atoms with Crippen molar-refractivity contribution in [1.29, 1.82) is 0 Å². The van der Waals surface area contributed by atoms with Crippen LogP contribution < -0.4 is 0 Å². The van der Waals surface area contributed by atoms with Gasteiger partial charge in [0.25, 0.3) is 0 Å². The molecule has 0 rings (SSSR count). The molecular formula is C8H17NOSi. The molecule has 0 saturated carbocycles. The van der Waals surface area contributed by atoms with Crippen LogP contribution in [0, 0.1) is 0 Å². The molecule has 0 heterocycles. The summed E-state index contributed by atoms with van der Waals surface area (Å²) in [5.74, 6) is 0. The molecule has 0 spiro atoms. The molecule has 0 atom stereocenters. The van der Waals surface area contributed by atoms with Gasteiger partial charge in [-0.15, -0.1) is 11.7 Å². The zero-order chi connectivity index (χ0) is 8.91. The van der Waals surface area contributed by atoms with Crippen molar-refractivity contribution in [3.05, 3.63) is 12.3 Å². The topological polar surface area (TPSA) is 21.6 Å². The highest BCUT2D eigenvalue weighted by atomic mass is 28.3. The lowest BCUT2D eigenvalue weighted by Crippen LogP contribution is -2.34. The number of oxime groups is 1. The zero-order valence-electron chi connectivity index (χ0n) is 7.85. The minimum Gasteiger partial charge on any atom is -0.400 e. The fraction of sp³-hybridized carbons (Fsp3) is 0.625. The van der Waals surface area contributed by atoms with Crippen LogP contribution in [0.1, 0.15) is 13.3 Å². The highest BCUT2D eigenvalue weighted by molar-refractivity contribution is 7.08. The maximum atomic E-state index is 4.76. The summed E-state index contributed by atoms with van der Waals surface area (Å²) >= 11 is 0. The Labute approximate surface area is 69.9 Å². The lowest BCUT2D eigenvalue weighted by Gasteiger charge is -2.17. The summed E-state index contributed by atoms with van der Waals surface area (Å²) in [6, 6.07) is 0. The molecule has 0 aromatic carbocycles. The first-order chi connectivity index (χ1) is 5.08. The van der Waals surface area contributed by atoms with Crippen LogP contribution in [0.2, 0.25) is 13.1 Å². The van der Waals surface area contributed by atoms with Gasteiger partial charge in [0.15, 0.2) is 0 Å². The minimum atomic E-state index is -1.44. The van der Waals surface area contributed by atoms with Crippen LogP contribution in [-0.2, 0) is 4.84 Å². The number of hydrogen-bond acceptors (Lipinski definition) is 2. The van der Waals surface area contributed by atoms with Crippen molar-refractivity contribution in [1.82, 2.24) is 0 Å². The van der Waals surface area contributed by atoms with E-state index in [0.717, 1.165) is 11.8 Å². The van der Waals surface area contributed by atoms with E-state index in [1.807, 2.05) is 5.70 Å². The second kappa shape index (κ2) is 4.33. The van der Waals surface area contributed by atoms with Crippen LogP contribution in [0.3, 0.4) is 0 Å². The van der Waals surface area contributed by atoms with Gasteiger partial charge in [0.1, 0.15) is 15.2 Å². The molecule has 0 radical (unpaired) electrons. The Morgan fingerprint density at radius 1 is 1.64 bits per heavy atom. The Balaban J connectivity index is 4.48. The quantitative estimate of drug-likeness (QED) is 0.361. The van der Waals surface area contributed by atoms with Gasteiger partial charge in [-0.05, 0) is 6.42 Å². The van der Waals surface area contributed by atoms with Gasteiger partial charge in [-0.2, -0.15) is 0 Å². The molecule has 0 aliphatic heterocycles. The molecule has 0 aliphatic rings. The lowest BCUT2D eigenvalue weighted by molar-refractivity contribution is 0.213. The van der Waals surface area contributed by atoms with E-state index in [1.165, 1.54) is 0 Å². The Bertz CT molecular complexity index is 163. The maximum absolute atomic E-state index is 4.76. The summed E-state index contributed by atoms with van der Waals surface area (Å²) in [6.07, 6.45) is 0.957. The van der Waals surface area contributed by atoms with Gasteiger partial charge in [0.05, 0.1) is 0 Å². The molecule has 0 bridgehead atoms. The van der Waals surface area contributed by atoms with E-state index >= 15 is 0 Å². The molecule has 0 amide bonds. The molecule has 0 fully saturated rings. The van der Waals surface area contributed by atoms with Gasteiger partial charge in [-0.1, -0.05) is 25.7 Å². The number of rotatable bonds is 4. The zero-order valence-corrected chi connectivity index (χ0v) is 8.85. The molecule has 2 nitrogen and oxygen atoms in total. The second-order valence-electron chi connectivity index (χ2n) is 3.00. The molecule has 0 aromatic rings. The van der Waals surface area contributed by atoms with Gasteiger partial charge >= 0.3 is 0 Å². The predicted molar refractivity (Wildman–Crippen MR) is 52.4 cm³/mol. The smallest absolute Gasteiger partial charge is 0.126 e. The fourth-order valence-electron chi connectivity index (χ4n) is 0.866. The molecule has 64 valence electrons. The van der Waals surface area contributed by atoms with Gasteiger partial charge in [-0.3, -0.25) is 0 Å². The van der Waals surface area contributed by atoms with Gasteiger partial charge < -0.3 is 4.84 Å². The van der Waals surface area contributed by atoms with E-state index in [9.17, 15) is 0 Å². The summed E-state index contributed by atoms with van der Waals surface area (Å²) in [6.45, 7) is 10.3. The molecule has 0 aromatic heterocycles. The van der Waals surface area contributed by atoms with Crippen molar-refractivity contribution in [2.45, 2.75) is 26.4 Å². The largest absolute Gasteiger partial charge is 0.400 e. The SMILES string of the molecule is C=C[Si](C)(C)C(CC)=NOC. The van der Waals surface area contributed by atoms with E-state index in [2.05, 4.69) is 31.8 Å². The van der Waals surface area contributed by atoms with E-state index in [1.54, 1.807) is 7.11 Å². The lowest BCUT2D eigenvalue weighted by atomic mass is 10.5. The summed E-state index contributed by atoms with van der Waals surface area (Å²) in [4.78, 5) is 4.76. The highest BCUT2D eigenvalue weighted by Gasteiger charge is 2.22. The normalized spacial score (nSPS) is 12.9. The Kier molecular flexibility index (Phi) is 4.11. The molecule has 0 unspecified atom stereocenters. The summed E-state index contributed by atoms with van der Waals surface area (Å²) < 4.78 is 0. The predicted octanol–water partition coefficient (Wildman–Crippen LogP) is 2.37. The van der Waals surface area contributed by atoms with Crippen molar-refractivity contribution >= 4 is 13.4 Å². The highest BCUT2D eigenvalue weighted by Crippen LogP contribution is 2.08. The minimum absolute atomic E-state index is 0.957. The Hall–Kier alpha value is -0.573. The summed E-state index contributed by atoms with van der Waals surface area (Å²) in [5, 5.41) is 5.15. The van der Waals surface area contributed by atoms with Crippen LogP contribution >= 0.6 is 0 Å². The van der Waals surface area contributed by atoms with Gasteiger partial charge in [0.2, 0.25) is 0 Å². The Morgan fingerprint density at radius 2 is 2.18 bits per heavy atom. The van der Waals surface area contributed by atoms with Crippen molar-refractivity contribution in [2.75, 3.05) is 7.11 Å². The number of hydrogen-bond donors (Lipinski definition) is 0. The average molecular weight is 171 g/mol. The third-order valence-electron chi connectivity index (χ3n) is 1.79. The first kappa shape index (κ1) is 10.4. The van der Waals surface area contributed by atoms with E-state index in [4.69, 9.17) is 4.84 Å². The molecule has 0 aliphatic carbocycles. The fourth-order valence-corrected chi connectivity index (χ4v) is 2.34. The van der Waals surface area contributed by atoms with Crippen LogP contribution in [0.4, 0.5) is 0 Å². The average Bonchev–Trinajstić information content (AvgIpc) is 2.00. The van der Waals surface area contributed by atoms with Crippen molar-refractivity contribution in [3.63, 3.8) is 0 Å². The van der Waals surface area contributed by atoms with Crippen LogP contribution in [0.5, 0.6) is 0 Å². The van der Waals surface area contributed by atoms with Gasteiger partial charge in [-0.25, -0.2) is 0 Å². The van der Waals surface area contributed by atoms with Gasteiger partial charge in [0, 0.05) is 5.33 Å². The third kappa shape index (κ3) is 2.88. The van der Waals surface area contributed by atoms with Crippen LogP contribution in [0.25, 0.3) is 0 Å². The van der Waals surface area contributed by atoms with Crippen molar-refractivity contribution in [2.24, 2.45) is 5.16 Å². The van der Waals surface area contributed by atoms with E-state index in [-0.39, 0.29) is 0 Å². The summed E-state index contributed by atoms with van der Waals surface area (Å²) in [7, 11) is 0.148. The maximum Gasteiger partial charge on any atom is 0.126 e. The first-order valence-corrected chi connectivity index (χ1v) is 6.90. The first-order valence-electron chi connectivity index (χ1n) is 3.82. The second-order valence-corrected chi connectivity index (χ2v) is 7.43. The van der Waals surface area contributed by atoms with E-state index < -0.39 is 8.07 Å². The number of nitrogens with zero attached hydrogens (tertiary/aromatic N) is 1. The molecule has 11 heavy (non-hydrogen) atoms. The van der Waals surface area contributed by atoms with Crippen molar-refractivity contribution in [3.8, 4) is 0 Å². The molecular weight excluding hydrogens is 154 g/mol. The monoisotopic (exact) mass is 171 g/mol. The third-order valence-corrected chi connectivity index (χ3v) is 4.74. The standard InChI is InChI=1S/C8H17NOSi/c1-6-8(9-10-3)11(4,5)7-2/h7H,2,6H2,1,3-5H3. The summed E-state index contributed by atoms with van der Waals surface area (Å²) in [5.41, 5.74) is 2.02. The Morgan fingerprint density at radius 3 is 2.45 bits per heavy atom. The molecule has 0 N–H and O–H groups in total.